The molecule has 2 rings (SSSR count). The molecule has 0 radical (unpaired) electrons. The zero-order valence-corrected chi connectivity index (χ0v) is 11.1. The topological polar surface area (TPSA) is 64.9 Å². The van der Waals surface area contributed by atoms with E-state index >= 15 is 0 Å². The van der Waals surface area contributed by atoms with Crippen LogP contribution >= 0.6 is 0 Å². The third-order valence-corrected chi connectivity index (χ3v) is 2.66. The molecule has 4 nitrogen and oxygen atoms in total. The van der Waals surface area contributed by atoms with Gasteiger partial charge in [0.1, 0.15) is 6.07 Å². The average molecular weight is 287 g/mol. The average Bonchev–Trinajstić information content (AvgIpc) is 2.44. The zero-order valence-electron chi connectivity index (χ0n) is 11.1. The fraction of sp³-hybridized carbons (Fsp3) is 0.0667. The lowest BCUT2D eigenvalue weighted by Crippen LogP contribution is -2.06. The molecule has 0 fully saturated rings. The lowest BCUT2D eigenvalue weighted by atomic mass is 10.2. The number of amides is 1. The summed E-state index contributed by atoms with van der Waals surface area (Å²) in [6, 6.07) is 10.6. The van der Waals surface area contributed by atoms with Crippen LogP contribution in [0, 0.1) is 23.0 Å². The number of hydrogen-bond donors (Lipinski definition) is 2. The van der Waals surface area contributed by atoms with Crippen molar-refractivity contribution in [3.63, 3.8) is 0 Å². The molecule has 6 heteroatoms. The highest BCUT2D eigenvalue weighted by Gasteiger charge is 2.13. The molecule has 0 aliphatic rings. The number of carbonyl (C=O) groups is 1. The maximum absolute atomic E-state index is 13.8. The second kappa shape index (κ2) is 6.01. The summed E-state index contributed by atoms with van der Waals surface area (Å²) in [7, 11) is 0. The van der Waals surface area contributed by atoms with Crippen molar-refractivity contribution in [2.24, 2.45) is 0 Å². The van der Waals surface area contributed by atoms with Crippen molar-refractivity contribution in [3.8, 4) is 6.07 Å². The molecular formula is C15H11F2N3O. The van der Waals surface area contributed by atoms with E-state index in [1.54, 1.807) is 30.3 Å². The van der Waals surface area contributed by atoms with Gasteiger partial charge >= 0.3 is 0 Å². The maximum atomic E-state index is 13.8. The van der Waals surface area contributed by atoms with Crippen LogP contribution in [0.5, 0.6) is 0 Å². The molecule has 21 heavy (non-hydrogen) atoms. The van der Waals surface area contributed by atoms with E-state index < -0.39 is 11.6 Å². The van der Waals surface area contributed by atoms with Crippen LogP contribution in [0.2, 0.25) is 0 Å². The van der Waals surface area contributed by atoms with Crippen molar-refractivity contribution in [2.75, 3.05) is 10.6 Å². The van der Waals surface area contributed by atoms with Gasteiger partial charge in [-0.2, -0.15) is 5.26 Å². The van der Waals surface area contributed by atoms with E-state index in [0.717, 1.165) is 0 Å². The van der Waals surface area contributed by atoms with Gasteiger partial charge in [0.05, 0.1) is 11.3 Å². The number of nitriles is 1. The molecule has 2 aromatic rings. The molecule has 2 N–H and O–H groups in total. The SMILES string of the molecule is CC(=O)Nc1cccc(Nc2ccc(C#N)c(F)c2F)c1. The van der Waals surface area contributed by atoms with Crippen molar-refractivity contribution in [1.29, 1.82) is 5.26 Å². The summed E-state index contributed by atoms with van der Waals surface area (Å²) in [6.07, 6.45) is 0. The minimum absolute atomic E-state index is 0.0912. The number of nitrogens with one attached hydrogen (secondary N) is 2. The Hall–Kier alpha value is -2.94. The Morgan fingerprint density at radius 3 is 2.52 bits per heavy atom. The molecule has 0 aliphatic carbocycles. The number of hydrogen-bond acceptors (Lipinski definition) is 3. The number of nitrogens with zero attached hydrogens (tertiary/aromatic N) is 1. The number of benzene rings is 2. The van der Waals surface area contributed by atoms with E-state index in [1.807, 2.05) is 0 Å². The second-order valence-corrected chi connectivity index (χ2v) is 4.29. The van der Waals surface area contributed by atoms with Crippen LogP contribution < -0.4 is 10.6 Å². The normalized spacial score (nSPS) is 9.81. The van der Waals surface area contributed by atoms with Gasteiger partial charge in [-0.15, -0.1) is 0 Å². The summed E-state index contributed by atoms with van der Waals surface area (Å²) >= 11 is 0. The lowest BCUT2D eigenvalue weighted by molar-refractivity contribution is -0.114. The summed E-state index contributed by atoms with van der Waals surface area (Å²) in [4.78, 5) is 11.0. The van der Waals surface area contributed by atoms with Crippen LogP contribution in [0.1, 0.15) is 12.5 Å². The zero-order chi connectivity index (χ0) is 15.4. The molecule has 106 valence electrons. The highest BCUT2D eigenvalue weighted by molar-refractivity contribution is 5.89. The molecule has 0 saturated carbocycles. The molecular weight excluding hydrogens is 276 g/mol. The number of carbonyl (C=O) groups excluding carboxylic acids is 1. The number of anilines is 3. The Labute approximate surface area is 120 Å². The van der Waals surface area contributed by atoms with Crippen LogP contribution in [0.4, 0.5) is 25.8 Å². The second-order valence-electron chi connectivity index (χ2n) is 4.29. The fourth-order valence-corrected chi connectivity index (χ4v) is 1.77. The van der Waals surface area contributed by atoms with Crippen LogP contribution in [0.3, 0.4) is 0 Å². The first kappa shape index (κ1) is 14.5. The monoisotopic (exact) mass is 287 g/mol. The predicted octanol–water partition coefficient (Wildman–Crippen LogP) is 3.54. The summed E-state index contributed by atoms with van der Waals surface area (Å²) in [5.74, 6) is -2.55. The van der Waals surface area contributed by atoms with Crippen molar-refractivity contribution in [3.05, 3.63) is 53.6 Å². The van der Waals surface area contributed by atoms with Crippen LogP contribution in [-0.4, -0.2) is 5.91 Å². The minimum Gasteiger partial charge on any atom is -0.353 e. The summed E-state index contributed by atoms with van der Waals surface area (Å²) in [5.41, 5.74) is 0.558. The molecule has 0 saturated heterocycles. The molecule has 0 unspecified atom stereocenters. The smallest absolute Gasteiger partial charge is 0.221 e. The molecule has 0 aliphatic heterocycles. The Morgan fingerprint density at radius 2 is 1.86 bits per heavy atom. The van der Waals surface area contributed by atoms with Gasteiger partial charge in [-0.25, -0.2) is 8.78 Å². The van der Waals surface area contributed by atoms with Crippen molar-refractivity contribution < 1.29 is 13.6 Å². The van der Waals surface area contributed by atoms with Crippen LogP contribution in [0.15, 0.2) is 36.4 Å². The first-order valence-corrected chi connectivity index (χ1v) is 6.04. The molecule has 2 aromatic carbocycles. The van der Waals surface area contributed by atoms with Gasteiger partial charge in [0, 0.05) is 18.3 Å². The predicted molar refractivity (Wildman–Crippen MR) is 75.1 cm³/mol. The van der Waals surface area contributed by atoms with E-state index in [9.17, 15) is 13.6 Å². The standard InChI is InChI=1S/C15H11F2N3O/c1-9(21)19-11-3-2-4-12(7-11)20-13-6-5-10(8-18)14(16)15(13)17/h2-7,20H,1H3,(H,19,21). The van der Waals surface area contributed by atoms with Gasteiger partial charge in [0.15, 0.2) is 11.6 Å². The highest BCUT2D eigenvalue weighted by Crippen LogP contribution is 2.25. The van der Waals surface area contributed by atoms with E-state index in [0.29, 0.717) is 11.4 Å². The minimum atomic E-state index is -1.19. The van der Waals surface area contributed by atoms with E-state index in [-0.39, 0.29) is 17.2 Å². The first-order valence-electron chi connectivity index (χ1n) is 6.04. The third kappa shape index (κ3) is 3.34. The van der Waals surface area contributed by atoms with Crippen molar-refractivity contribution in [2.45, 2.75) is 6.92 Å². The summed E-state index contributed by atoms with van der Waals surface area (Å²) in [6.45, 7) is 1.37. The number of rotatable bonds is 3. The number of halogens is 2. The largest absolute Gasteiger partial charge is 0.353 e. The Morgan fingerprint density at radius 1 is 1.14 bits per heavy atom. The van der Waals surface area contributed by atoms with Crippen molar-refractivity contribution in [1.82, 2.24) is 0 Å². The Kier molecular flexibility index (Phi) is 4.14. The molecule has 1 amide bonds. The maximum Gasteiger partial charge on any atom is 0.221 e. The van der Waals surface area contributed by atoms with Gasteiger partial charge < -0.3 is 10.6 Å². The van der Waals surface area contributed by atoms with Crippen molar-refractivity contribution >= 4 is 23.0 Å². The third-order valence-electron chi connectivity index (χ3n) is 2.66. The molecule has 0 aromatic heterocycles. The Balaban J connectivity index is 2.29. The fourth-order valence-electron chi connectivity index (χ4n) is 1.77. The lowest BCUT2D eigenvalue weighted by Gasteiger charge is -2.10. The van der Waals surface area contributed by atoms with Crippen LogP contribution in [0.25, 0.3) is 0 Å². The Bertz CT molecular complexity index is 738. The van der Waals surface area contributed by atoms with Gasteiger partial charge in [0.25, 0.3) is 0 Å². The highest BCUT2D eigenvalue weighted by atomic mass is 19.2. The van der Waals surface area contributed by atoms with E-state index in [2.05, 4.69) is 10.6 Å². The van der Waals surface area contributed by atoms with E-state index in [4.69, 9.17) is 5.26 Å². The van der Waals surface area contributed by atoms with Gasteiger partial charge in [-0.3, -0.25) is 4.79 Å². The first-order chi connectivity index (χ1) is 10.0. The van der Waals surface area contributed by atoms with Gasteiger partial charge in [-0.05, 0) is 30.3 Å². The van der Waals surface area contributed by atoms with Crippen LogP contribution in [-0.2, 0) is 4.79 Å². The summed E-state index contributed by atoms with van der Waals surface area (Å²) in [5, 5.41) is 13.9. The summed E-state index contributed by atoms with van der Waals surface area (Å²) < 4.78 is 27.3. The quantitative estimate of drug-likeness (QED) is 0.907. The molecule has 0 atom stereocenters. The molecule has 0 bridgehead atoms. The van der Waals surface area contributed by atoms with Gasteiger partial charge in [-0.1, -0.05) is 6.07 Å². The van der Waals surface area contributed by atoms with E-state index in [1.165, 1.54) is 19.1 Å². The van der Waals surface area contributed by atoms with Gasteiger partial charge in [0.2, 0.25) is 5.91 Å². The molecule has 0 heterocycles. The molecule has 0 spiro atoms.